The van der Waals surface area contributed by atoms with Gasteiger partial charge in [0.25, 0.3) is 0 Å². The minimum Gasteiger partial charge on any atom is -0.489 e. The van der Waals surface area contributed by atoms with Crippen LogP contribution in [0.2, 0.25) is 0 Å². The highest BCUT2D eigenvalue weighted by atomic mass is 16.5. The van der Waals surface area contributed by atoms with Gasteiger partial charge in [0, 0.05) is 44.3 Å². The van der Waals surface area contributed by atoms with E-state index < -0.39 is 0 Å². The van der Waals surface area contributed by atoms with E-state index in [1.54, 1.807) is 0 Å². The Labute approximate surface area is 126 Å². The van der Waals surface area contributed by atoms with Crippen LogP contribution in [0.3, 0.4) is 0 Å². The molecule has 1 saturated heterocycles. The average Bonchev–Trinajstić information content (AvgIpc) is 2.50. The molecule has 1 aromatic heterocycles. The molecule has 21 heavy (non-hydrogen) atoms. The maximum absolute atomic E-state index is 5.89. The number of nitrogens with zero attached hydrogens (tertiary/aromatic N) is 2. The van der Waals surface area contributed by atoms with Gasteiger partial charge in [0.2, 0.25) is 0 Å². The zero-order chi connectivity index (χ0) is 14.7. The molecule has 0 unspecified atom stereocenters. The minimum atomic E-state index is 0.161. The SMILES string of the molecule is CC(C)Oc1ccc(CN2CCNCC2)c2cccnc12. The highest BCUT2D eigenvalue weighted by Gasteiger charge is 2.14. The van der Waals surface area contributed by atoms with Crippen LogP contribution in [0.4, 0.5) is 0 Å². The standard InChI is InChI=1S/C17H23N3O/c1-13(2)21-16-6-5-14(12-20-10-8-18-9-11-20)15-4-3-7-19-17(15)16/h3-7,13,18H,8-12H2,1-2H3. The number of nitrogens with one attached hydrogen (secondary N) is 1. The number of pyridine rings is 1. The van der Waals surface area contributed by atoms with Gasteiger partial charge in [-0.2, -0.15) is 0 Å². The van der Waals surface area contributed by atoms with Crippen LogP contribution in [0, 0.1) is 0 Å². The molecular weight excluding hydrogens is 262 g/mol. The Balaban J connectivity index is 1.92. The summed E-state index contributed by atoms with van der Waals surface area (Å²) in [5.74, 6) is 0.879. The Morgan fingerprint density at radius 2 is 2.05 bits per heavy atom. The quantitative estimate of drug-likeness (QED) is 0.936. The third-order valence-electron chi connectivity index (χ3n) is 3.79. The molecule has 1 fully saturated rings. The molecule has 0 aliphatic carbocycles. The summed E-state index contributed by atoms with van der Waals surface area (Å²) >= 11 is 0. The number of hydrogen-bond acceptors (Lipinski definition) is 4. The third-order valence-corrected chi connectivity index (χ3v) is 3.79. The van der Waals surface area contributed by atoms with E-state index in [0.717, 1.165) is 44.0 Å². The van der Waals surface area contributed by atoms with Crippen LogP contribution in [0.15, 0.2) is 30.5 Å². The molecule has 1 N–H and O–H groups in total. The second kappa shape index (κ2) is 6.41. The summed E-state index contributed by atoms with van der Waals surface area (Å²) in [6.07, 6.45) is 2.00. The van der Waals surface area contributed by atoms with E-state index in [2.05, 4.69) is 33.4 Å². The lowest BCUT2D eigenvalue weighted by Gasteiger charge is -2.27. The van der Waals surface area contributed by atoms with E-state index in [1.807, 2.05) is 26.1 Å². The number of hydrogen-bond donors (Lipinski definition) is 1. The molecular formula is C17H23N3O. The Bertz CT molecular complexity index is 606. The molecule has 1 aliphatic heterocycles. The molecule has 1 aromatic carbocycles. The molecule has 4 nitrogen and oxygen atoms in total. The normalized spacial score (nSPS) is 16.5. The number of aromatic nitrogens is 1. The molecule has 0 bridgehead atoms. The number of rotatable bonds is 4. The van der Waals surface area contributed by atoms with Gasteiger partial charge in [-0.3, -0.25) is 9.88 Å². The van der Waals surface area contributed by atoms with Crippen molar-refractivity contribution in [3.05, 3.63) is 36.0 Å². The summed E-state index contributed by atoms with van der Waals surface area (Å²) < 4.78 is 5.89. The van der Waals surface area contributed by atoms with Crippen molar-refractivity contribution in [3.63, 3.8) is 0 Å². The zero-order valence-corrected chi connectivity index (χ0v) is 12.8. The first-order valence-electron chi connectivity index (χ1n) is 7.70. The van der Waals surface area contributed by atoms with E-state index in [1.165, 1.54) is 10.9 Å². The molecule has 3 rings (SSSR count). The predicted octanol–water partition coefficient (Wildman–Crippen LogP) is 2.43. The highest BCUT2D eigenvalue weighted by Crippen LogP contribution is 2.28. The fraction of sp³-hybridized carbons (Fsp3) is 0.471. The number of piperazine rings is 1. The van der Waals surface area contributed by atoms with Crippen molar-refractivity contribution in [2.75, 3.05) is 26.2 Å². The van der Waals surface area contributed by atoms with Gasteiger partial charge < -0.3 is 10.1 Å². The van der Waals surface area contributed by atoms with E-state index in [9.17, 15) is 0 Å². The van der Waals surface area contributed by atoms with Crippen molar-refractivity contribution < 1.29 is 4.74 Å². The molecule has 0 radical (unpaired) electrons. The second-order valence-corrected chi connectivity index (χ2v) is 5.82. The predicted molar refractivity (Wildman–Crippen MR) is 85.7 cm³/mol. The van der Waals surface area contributed by atoms with Crippen LogP contribution in [0.5, 0.6) is 5.75 Å². The van der Waals surface area contributed by atoms with Gasteiger partial charge >= 0.3 is 0 Å². The summed E-state index contributed by atoms with van der Waals surface area (Å²) in [6.45, 7) is 9.42. The van der Waals surface area contributed by atoms with Gasteiger partial charge in [0.05, 0.1) is 6.10 Å². The molecule has 0 amide bonds. The van der Waals surface area contributed by atoms with Crippen molar-refractivity contribution >= 4 is 10.9 Å². The van der Waals surface area contributed by atoms with Gasteiger partial charge in [-0.1, -0.05) is 12.1 Å². The van der Waals surface area contributed by atoms with Crippen molar-refractivity contribution in [3.8, 4) is 5.75 Å². The first-order chi connectivity index (χ1) is 10.2. The smallest absolute Gasteiger partial charge is 0.145 e. The lowest BCUT2D eigenvalue weighted by molar-refractivity contribution is 0.233. The maximum Gasteiger partial charge on any atom is 0.145 e. The van der Waals surface area contributed by atoms with Crippen molar-refractivity contribution in [1.29, 1.82) is 0 Å². The molecule has 0 atom stereocenters. The lowest BCUT2D eigenvalue weighted by atomic mass is 10.1. The number of benzene rings is 1. The Morgan fingerprint density at radius 3 is 2.81 bits per heavy atom. The average molecular weight is 285 g/mol. The van der Waals surface area contributed by atoms with Crippen LogP contribution >= 0.6 is 0 Å². The van der Waals surface area contributed by atoms with Crippen LogP contribution in [0.25, 0.3) is 10.9 Å². The Hall–Kier alpha value is -1.65. The molecule has 2 aromatic rings. The third kappa shape index (κ3) is 3.34. The monoisotopic (exact) mass is 285 g/mol. The van der Waals surface area contributed by atoms with Crippen molar-refractivity contribution in [2.24, 2.45) is 0 Å². The summed E-state index contributed by atoms with van der Waals surface area (Å²) in [4.78, 5) is 7.02. The fourth-order valence-corrected chi connectivity index (χ4v) is 2.80. The van der Waals surface area contributed by atoms with Crippen LogP contribution in [-0.2, 0) is 6.54 Å². The van der Waals surface area contributed by atoms with Gasteiger partial charge in [0.1, 0.15) is 11.3 Å². The fourth-order valence-electron chi connectivity index (χ4n) is 2.80. The van der Waals surface area contributed by atoms with Crippen molar-refractivity contribution in [2.45, 2.75) is 26.5 Å². The zero-order valence-electron chi connectivity index (χ0n) is 12.8. The van der Waals surface area contributed by atoms with Crippen LogP contribution < -0.4 is 10.1 Å². The van der Waals surface area contributed by atoms with E-state index in [4.69, 9.17) is 4.74 Å². The summed E-state index contributed by atoms with van der Waals surface area (Å²) in [6, 6.07) is 8.40. The largest absolute Gasteiger partial charge is 0.489 e. The molecule has 112 valence electrons. The Kier molecular flexibility index (Phi) is 4.36. The van der Waals surface area contributed by atoms with Crippen LogP contribution in [-0.4, -0.2) is 42.2 Å². The summed E-state index contributed by atoms with van der Waals surface area (Å²) in [5.41, 5.74) is 2.30. The lowest BCUT2D eigenvalue weighted by Crippen LogP contribution is -2.42. The maximum atomic E-state index is 5.89. The highest BCUT2D eigenvalue weighted by molar-refractivity contribution is 5.87. The molecule has 0 saturated carbocycles. The molecule has 1 aliphatic rings. The topological polar surface area (TPSA) is 37.4 Å². The van der Waals surface area contributed by atoms with Gasteiger partial charge in [-0.25, -0.2) is 0 Å². The van der Waals surface area contributed by atoms with Gasteiger partial charge in [-0.15, -0.1) is 0 Å². The molecule has 2 heterocycles. The first-order valence-corrected chi connectivity index (χ1v) is 7.70. The van der Waals surface area contributed by atoms with Gasteiger partial charge in [0.15, 0.2) is 0 Å². The second-order valence-electron chi connectivity index (χ2n) is 5.82. The molecule has 4 heteroatoms. The van der Waals surface area contributed by atoms with E-state index in [0.29, 0.717) is 0 Å². The minimum absolute atomic E-state index is 0.161. The number of fused-ring (bicyclic) bond motifs is 1. The summed E-state index contributed by atoms with van der Waals surface area (Å²) in [5, 5.41) is 4.60. The number of ether oxygens (including phenoxy) is 1. The van der Waals surface area contributed by atoms with Crippen molar-refractivity contribution in [1.82, 2.24) is 15.2 Å². The van der Waals surface area contributed by atoms with Gasteiger partial charge in [-0.05, 0) is 31.5 Å². The molecule has 0 spiro atoms. The Morgan fingerprint density at radius 1 is 1.24 bits per heavy atom. The first kappa shape index (κ1) is 14.3. The van der Waals surface area contributed by atoms with Crippen LogP contribution in [0.1, 0.15) is 19.4 Å². The van der Waals surface area contributed by atoms with E-state index >= 15 is 0 Å². The van der Waals surface area contributed by atoms with E-state index in [-0.39, 0.29) is 6.10 Å². The summed E-state index contributed by atoms with van der Waals surface area (Å²) in [7, 11) is 0.